The van der Waals surface area contributed by atoms with Gasteiger partial charge < -0.3 is 10.2 Å². The summed E-state index contributed by atoms with van der Waals surface area (Å²) in [6, 6.07) is 0. The number of fused-ring (bicyclic) bond motifs is 1. The third-order valence-corrected chi connectivity index (χ3v) is 7.98. The van der Waals surface area contributed by atoms with E-state index in [1.807, 2.05) is 0 Å². The molecule has 2 heteroatoms. The Labute approximate surface area is 178 Å². The maximum atomic E-state index is 10.1. The average Bonchev–Trinajstić information content (AvgIpc) is 3.00. The molecule has 2 nitrogen and oxygen atoms in total. The summed E-state index contributed by atoms with van der Waals surface area (Å²) < 4.78 is 0. The van der Waals surface area contributed by atoms with Gasteiger partial charge in [-0.2, -0.15) is 0 Å². The molecule has 0 aliphatic heterocycles. The molecule has 162 valence electrons. The molecule has 3 aliphatic carbocycles. The maximum Gasteiger partial charge on any atom is 0.0811 e. The monoisotopic (exact) mass is 398 g/mol. The summed E-state index contributed by atoms with van der Waals surface area (Å²) in [5, 5.41) is 20.1. The predicted molar refractivity (Wildman–Crippen MR) is 122 cm³/mol. The minimum Gasteiger partial charge on any atom is -0.393 e. The third-order valence-electron chi connectivity index (χ3n) is 7.98. The molecule has 0 saturated heterocycles. The molecule has 2 N–H and O–H groups in total. The molecule has 6 atom stereocenters. The fourth-order valence-electron chi connectivity index (χ4n) is 6.31. The Morgan fingerprint density at radius 1 is 1.17 bits per heavy atom. The first-order chi connectivity index (χ1) is 13.7. The van der Waals surface area contributed by atoms with Crippen LogP contribution >= 0.6 is 0 Å². The van der Waals surface area contributed by atoms with Crippen molar-refractivity contribution in [2.24, 2.45) is 29.1 Å². The summed E-state index contributed by atoms with van der Waals surface area (Å²) in [4.78, 5) is 0. The topological polar surface area (TPSA) is 40.5 Å². The zero-order valence-electron chi connectivity index (χ0n) is 19.0. The van der Waals surface area contributed by atoms with Crippen LogP contribution in [0.2, 0.25) is 0 Å². The second-order valence-electron chi connectivity index (χ2n) is 10.6. The first kappa shape index (κ1) is 22.6. The van der Waals surface area contributed by atoms with E-state index < -0.39 is 12.2 Å². The molecule has 29 heavy (non-hydrogen) atoms. The molecular formula is C27H42O2. The molecule has 0 spiro atoms. The Morgan fingerprint density at radius 3 is 2.66 bits per heavy atom. The van der Waals surface area contributed by atoms with E-state index in [2.05, 4.69) is 58.6 Å². The second kappa shape index (κ2) is 9.35. The molecule has 3 fully saturated rings. The number of rotatable bonds is 5. The van der Waals surface area contributed by atoms with E-state index in [9.17, 15) is 10.2 Å². The van der Waals surface area contributed by atoms with E-state index in [1.54, 1.807) is 5.57 Å². The molecule has 3 aliphatic rings. The Kier molecular flexibility index (Phi) is 7.27. The lowest BCUT2D eigenvalue weighted by Gasteiger charge is -2.44. The average molecular weight is 399 g/mol. The van der Waals surface area contributed by atoms with Gasteiger partial charge in [0.15, 0.2) is 0 Å². The Bertz CT molecular complexity index is 683. The van der Waals surface area contributed by atoms with Gasteiger partial charge in [-0.15, -0.1) is 0 Å². The van der Waals surface area contributed by atoms with E-state index in [0.29, 0.717) is 30.1 Å². The van der Waals surface area contributed by atoms with Gasteiger partial charge >= 0.3 is 0 Å². The minimum atomic E-state index is -0.602. The predicted octanol–water partition coefficient (Wildman–Crippen LogP) is 6.37. The van der Waals surface area contributed by atoms with Gasteiger partial charge in [0.2, 0.25) is 0 Å². The van der Waals surface area contributed by atoms with Gasteiger partial charge in [0, 0.05) is 6.42 Å². The lowest BCUT2D eigenvalue weighted by molar-refractivity contribution is 0.0862. The van der Waals surface area contributed by atoms with Gasteiger partial charge in [0.1, 0.15) is 0 Å². The summed E-state index contributed by atoms with van der Waals surface area (Å²) in [5.74, 6) is 2.81. The summed E-state index contributed by atoms with van der Waals surface area (Å²) >= 11 is 0. The van der Waals surface area contributed by atoms with Crippen molar-refractivity contribution in [1.82, 2.24) is 0 Å². The number of aliphatic hydroxyl groups excluding tert-OH is 2. The van der Waals surface area contributed by atoms with Crippen LogP contribution in [-0.4, -0.2) is 22.4 Å². The SMILES string of the molecule is C=C1/C(=C\C=C2/CCC[C@]3(C)[C@@H]([C@H](C)/C=C\CC(C)C)CC[C@@H]23)C[C@@H](O)C[C@@H]1O. The van der Waals surface area contributed by atoms with Gasteiger partial charge in [0.25, 0.3) is 0 Å². The molecule has 0 aromatic heterocycles. The summed E-state index contributed by atoms with van der Waals surface area (Å²) in [5.41, 5.74) is 3.79. The summed E-state index contributed by atoms with van der Waals surface area (Å²) in [6.07, 6.45) is 16.9. The van der Waals surface area contributed by atoms with Crippen LogP contribution in [0, 0.1) is 29.1 Å². The smallest absolute Gasteiger partial charge is 0.0811 e. The normalized spacial score (nSPS) is 39.6. The standard InChI is InChI=1S/C27H42O2/c1-18(2)8-6-9-19(3)24-13-14-25-21(10-7-15-27(24,25)5)11-12-22-16-23(28)17-26(29)20(22)4/h6,9,11-12,18-19,23-26,28-29H,4,7-8,10,13-17H2,1-3,5H3/b9-6-,21-11+,22-12-/t19-,23-,24-,25+,26+,27-/m1/s1. The minimum absolute atomic E-state index is 0.396. The number of aliphatic hydroxyl groups is 2. The maximum absolute atomic E-state index is 10.1. The zero-order valence-corrected chi connectivity index (χ0v) is 19.0. The van der Waals surface area contributed by atoms with Crippen molar-refractivity contribution in [1.29, 1.82) is 0 Å². The molecule has 3 saturated carbocycles. The number of allylic oxidation sites excluding steroid dienone is 5. The van der Waals surface area contributed by atoms with Crippen molar-refractivity contribution in [3.63, 3.8) is 0 Å². The Balaban J connectivity index is 1.75. The highest BCUT2D eigenvalue weighted by molar-refractivity contribution is 5.38. The van der Waals surface area contributed by atoms with Crippen LogP contribution in [0.1, 0.15) is 79.1 Å². The van der Waals surface area contributed by atoms with E-state index in [4.69, 9.17) is 0 Å². The number of hydrogen-bond donors (Lipinski definition) is 2. The molecule has 0 radical (unpaired) electrons. The van der Waals surface area contributed by atoms with E-state index >= 15 is 0 Å². The molecular weight excluding hydrogens is 356 g/mol. The van der Waals surface area contributed by atoms with Crippen LogP contribution in [0.5, 0.6) is 0 Å². The largest absolute Gasteiger partial charge is 0.393 e. The van der Waals surface area contributed by atoms with Crippen LogP contribution in [0.3, 0.4) is 0 Å². The van der Waals surface area contributed by atoms with Crippen LogP contribution in [0.15, 0.2) is 47.6 Å². The fraction of sp³-hybridized carbons (Fsp3) is 0.704. The summed E-state index contributed by atoms with van der Waals surface area (Å²) in [6.45, 7) is 13.6. The quantitative estimate of drug-likeness (QED) is 0.529. The Hall–Kier alpha value is -1.12. The van der Waals surface area contributed by atoms with E-state index in [-0.39, 0.29) is 0 Å². The first-order valence-corrected chi connectivity index (χ1v) is 11.8. The van der Waals surface area contributed by atoms with Gasteiger partial charge in [-0.05, 0) is 85.2 Å². The van der Waals surface area contributed by atoms with E-state index in [0.717, 1.165) is 23.0 Å². The zero-order chi connectivity index (χ0) is 21.2. The summed E-state index contributed by atoms with van der Waals surface area (Å²) in [7, 11) is 0. The highest BCUT2D eigenvalue weighted by Gasteiger charge is 2.50. The van der Waals surface area contributed by atoms with Gasteiger partial charge in [-0.25, -0.2) is 0 Å². The molecule has 0 aromatic rings. The lowest BCUT2D eigenvalue weighted by atomic mass is 9.61. The molecule has 0 amide bonds. The van der Waals surface area contributed by atoms with Crippen LogP contribution < -0.4 is 0 Å². The van der Waals surface area contributed by atoms with Crippen molar-refractivity contribution >= 4 is 0 Å². The molecule has 0 unspecified atom stereocenters. The van der Waals surface area contributed by atoms with Crippen molar-refractivity contribution in [2.75, 3.05) is 0 Å². The second-order valence-corrected chi connectivity index (χ2v) is 10.6. The van der Waals surface area contributed by atoms with Crippen molar-refractivity contribution in [3.8, 4) is 0 Å². The fourth-order valence-corrected chi connectivity index (χ4v) is 6.31. The van der Waals surface area contributed by atoms with Crippen LogP contribution in [0.25, 0.3) is 0 Å². The molecule has 0 aromatic carbocycles. The van der Waals surface area contributed by atoms with Gasteiger partial charge in [0.05, 0.1) is 12.2 Å². The molecule has 3 rings (SSSR count). The highest BCUT2D eigenvalue weighted by atomic mass is 16.3. The van der Waals surface area contributed by atoms with Gasteiger partial charge in [-0.1, -0.05) is 64.2 Å². The number of hydrogen-bond acceptors (Lipinski definition) is 2. The van der Waals surface area contributed by atoms with Crippen molar-refractivity contribution < 1.29 is 10.2 Å². The molecule has 0 heterocycles. The van der Waals surface area contributed by atoms with Crippen molar-refractivity contribution in [2.45, 2.75) is 91.3 Å². The van der Waals surface area contributed by atoms with Gasteiger partial charge in [-0.3, -0.25) is 0 Å². The molecule has 0 bridgehead atoms. The van der Waals surface area contributed by atoms with Crippen LogP contribution in [0.4, 0.5) is 0 Å². The highest BCUT2D eigenvalue weighted by Crippen LogP contribution is 2.59. The first-order valence-electron chi connectivity index (χ1n) is 11.8. The van der Waals surface area contributed by atoms with Crippen LogP contribution in [-0.2, 0) is 0 Å². The third kappa shape index (κ3) is 4.97. The van der Waals surface area contributed by atoms with E-state index in [1.165, 1.54) is 38.5 Å². The van der Waals surface area contributed by atoms with Crippen molar-refractivity contribution in [3.05, 3.63) is 47.6 Å². The lowest BCUT2D eigenvalue weighted by Crippen LogP contribution is -2.35. The Morgan fingerprint density at radius 2 is 1.93 bits per heavy atom.